The minimum absolute atomic E-state index is 0.139. The predicted molar refractivity (Wildman–Crippen MR) is 81.9 cm³/mol. The smallest absolute Gasteiger partial charge is 0.254 e. The zero-order valence-corrected chi connectivity index (χ0v) is 12.3. The summed E-state index contributed by atoms with van der Waals surface area (Å²) in [7, 11) is 1.78. The molecule has 0 fully saturated rings. The van der Waals surface area contributed by atoms with Crippen LogP contribution in [0.25, 0.3) is 11.3 Å². The summed E-state index contributed by atoms with van der Waals surface area (Å²) >= 11 is 1.54. The van der Waals surface area contributed by atoms with E-state index in [0.717, 1.165) is 16.3 Å². The molecule has 0 spiro atoms. The number of nitrogens with one attached hydrogen (secondary N) is 1. The van der Waals surface area contributed by atoms with E-state index in [2.05, 4.69) is 15.4 Å². The van der Waals surface area contributed by atoms with Gasteiger partial charge in [0.2, 0.25) is 0 Å². The highest BCUT2D eigenvalue weighted by Gasteiger charge is 2.09. The van der Waals surface area contributed by atoms with Crippen LogP contribution in [0.2, 0.25) is 0 Å². The second kappa shape index (κ2) is 5.88. The molecule has 3 rings (SSSR count). The number of hydrogen-bond donors (Lipinski definition) is 1. The first-order valence-corrected chi connectivity index (χ1v) is 7.37. The third-order valence-corrected chi connectivity index (χ3v) is 3.84. The number of aromatic nitrogens is 3. The Bertz CT molecular complexity index is 748. The highest BCUT2D eigenvalue weighted by Crippen LogP contribution is 2.21. The molecular weight excluding hydrogens is 284 g/mol. The lowest BCUT2D eigenvalue weighted by Crippen LogP contribution is -2.22. The number of carbonyl (C=O) groups excluding carboxylic acids is 1. The Morgan fingerprint density at radius 1 is 1.33 bits per heavy atom. The van der Waals surface area contributed by atoms with Crippen molar-refractivity contribution in [3.8, 4) is 11.3 Å². The number of aryl methyl sites for hydroxylation is 1. The molecule has 2 heterocycles. The third kappa shape index (κ3) is 3.17. The molecule has 0 saturated heterocycles. The van der Waals surface area contributed by atoms with E-state index in [4.69, 9.17) is 0 Å². The van der Waals surface area contributed by atoms with Gasteiger partial charge in [-0.25, -0.2) is 4.98 Å². The van der Waals surface area contributed by atoms with Gasteiger partial charge in [0.05, 0.1) is 24.0 Å². The first kappa shape index (κ1) is 13.5. The van der Waals surface area contributed by atoms with Crippen molar-refractivity contribution in [3.05, 3.63) is 58.7 Å². The van der Waals surface area contributed by atoms with Gasteiger partial charge in [-0.2, -0.15) is 5.10 Å². The van der Waals surface area contributed by atoms with Crippen molar-refractivity contribution < 1.29 is 4.79 Å². The largest absolute Gasteiger partial charge is 0.345 e. The van der Waals surface area contributed by atoms with Crippen LogP contribution in [-0.2, 0) is 13.6 Å². The number of hydrogen-bond acceptors (Lipinski definition) is 4. The van der Waals surface area contributed by atoms with Crippen LogP contribution in [0, 0.1) is 0 Å². The number of nitrogens with zero attached hydrogens (tertiary/aromatic N) is 3. The van der Waals surface area contributed by atoms with Crippen molar-refractivity contribution in [3.63, 3.8) is 0 Å². The van der Waals surface area contributed by atoms with Gasteiger partial charge in [-0.05, 0) is 0 Å². The molecule has 0 aliphatic carbocycles. The summed E-state index contributed by atoms with van der Waals surface area (Å²) in [5.41, 5.74) is 2.57. The lowest BCUT2D eigenvalue weighted by atomic mass is 10.2. The summed E-state index contributed by atoms with van der Waals surface area (Å²) in [6.07, 6.45) is 3.24. The van der Waals surface area contributed by atoms with Crippen molar-refractivity contribution in [1.29, 1.82) is 0 Å². The van der Waals surface area contributed by atoms with Crippen molar-refractivity contribution in [2.75, 3.05) is 0 Å². The Morgan fingerprint density at radius 2 is 2.14 bits per heavy atom. The second-order valence-electron chi connectivity index (χ2n) is 4.58. The summed E-state index contributed by atoms with van der Waals surface area (Å²) in [4.78, 5) is 16.5. The first-order valence-electron chi connectivity index (χ1n) is 6.49. The molecule has 1 amide bonds. The van der Waals surface area contributed by atoms with E-state index < -0.39 is 0 Å². The predicted octanol–water partition coefficient (Wildman–Crippen LogP) is 2.47. The van der Waals surface area contributed by atoms with E-state index in [9.17, 15) is 4.79 Å². The molecule has 3 aromatic rings. The molecular formula is C15H14N4OS. The van der Waals surface area contributed by atoms with Gasteiger partial charge < -0.3 is 5.32 Å². The van der Waals surface area contributed by atoms with Crippen LogP contribution in [0.5, 0.6) is 0 Å². The molecule has 5 nitrogen and oxygen atoms in total. The molecule has 6 heteroatoms. The normalized spacial score (nSPS) is 10.5. The SMILES string of the molecule is Cn1cc(C(=O)NCc2nc(-c3ccccc3)cs2)cn1. The Hall–Kier alpha value is -2.47. The van der Waals surface area contributed by atoms with Gasteiger partial charge in [-0.15, -0.1) is 11.3 Å². The number of carbonyl (C=O) groups is 1. The van der Waals surface area contributed by atoms with E-state index >= 15 is 0 Å². The zero-order valence-electron chi connectivity index (χ0n) is 11.5. The lowest BCUT2D eigenvalue weighted by molar-refractivity contribution is 0.0951. The standard InChI is InChI=1S/C15H14N4OS/c1-19-9-12(7-17-19)15(20)16-8-14-18-13(10-21-14)11-5-3-2-4-6-11/h2-7,9-10H,8H2,1H3,(H,16,20). The van der Waals surface area contributed by atoms with Crippen molar-refractivity contribution >= 4 is 17.2 Å². The van der Waals surface area contributed by atoms with Crippen molar-refractivity contribution in [2.45, 2.75) is 6.54 Å². The van der Waals surface area contributed by atoms with Gasteiger partial charge in [0, 0.05) is 24.2 Å². The third-order valence-electron chi connectivity index (χ3n) is 2.99. The van der Waals surface area contributed by atoms with E-state index in [0.29, 0.717) is 12.1 Å². The molecule has 0 unspecified atom stereocenters. The van der Waals surface area contributed by atoms with Gasteiger partial charge in [0.25, 0.3) is 5.91 Å². The molecule has 21 heavy (non-hydrogen) atoms. The Balaban J connectivity index is 1.64. The van der Waals surface area contributed by atoms with Crippen LogP contribution in [0.15, 0.2) is 48.1 Å². The monoisotopic (exact) mass is 298 g/mol. The maximum atomic E-state index is 11.9. The van der Waals surface area contributed by atoms with Gasteiger partial charge in [0.15, 0.2) is 0 Å². The number of thiazole rings is 1. The summed E-state index contributed by atoms with van der Waals surface area (Å²) < 4.78 is 1.60. The molecule has 0 aliphatic rings. The minimum Gasteiger partial charge on any atom is -0.345 e. The molecule has 0 atom stereocenters. The number of amides is 1. The van der Waals surface area contributed by atoms with Gasteiger partial charge >= 0.3 is 0 Å². The molecule has 2 aromatic heterocycles. The molecule has 0 radical (unpaired) electrons. The molecule has 0 saturated carbocycles. The van der Waals surface area contributed by atoms with E-state index in [1.54, 1.807) is 35.5 Å². The molecule has 0 aliphatic heterocycles. The van der Waals surface area contributed by atoms with Gasteiger partial charge in [0.1, 0.15) is 5.01 Å². The Kier molecular flexibility index (Phi) is 3.79. The van der Waals surface area contributed by atoms with E-state index in [1.165, 1.54) is 0 Å². The average Bonchev–Trinajstić information content (AvgIpc) is 3.15. The van der Waals surface area contributed by atoms with Crippen LogP contribution >= 0.6 is 11.3 Å². The summed E-state index contributed by atoms with van der Waals surface area (Å²) in [5.74, 6) is -0.139. The molecule has 106 valence electrons. The Morgan fingerprint density at radius 3 is 2.86 bits per heavy atom. The topological polar surface area (TPSA) is 59.8 Å². The van der Waals surface area contributed by atoms with Crippen LogP contribution < -0.4 is 5.32 Å². The fourth-order valence-corrected chi connectivity index (χ4v) is 2.67. The summed E-state index contributed by atoms with van der Waals surface area (Å²) in [6, 6.07) is 9.99. The van der Waals surface area contributed by atoms with Gasteiger partial charge in [-0.3, -0.25) is 9.48 Å². The summed E-state index contributed by atoms with van der Waals surface area (Å²) in [5, 5.41) is 9.71. The number of rotatable bonds is 4. The quantitative estimate of drug-likeness (QED) is 0.805. The highest BCUT2D eigenvalue weighted by molar-refractivity contribution is 7.09. The fraction of sp³-hybridized carbons (Fsp3) is 0.133. The lowest BCUT2D eigenvalue weighted by Gasteiger charge is -2.00. The number of benzene rings is 1. The van der Waals surface area contributed by atoms with E-state index in [-0.39, 0.29) is 5.91 Å². The summed E-state index contributed by atoms with van der Waals surface area (Å²) in [6.45, 7) is 0.422. The van der Waals surface area contributed by atoms with Gasteiger partial charge in [-0.1, -0.05) is 30.3 Å². The Labute approximate surface area is 126 Å². The van der Waals surface area contributed by atoms with Crippen molar-refractivity contribution in [2.24, 2.45) is 7.05 Å². The van der Waals surface area contributed by atoms with Crippen molar-refractivity contribution in [1.82, 2.24) is 20.1 Å². The maximum Gasteiger partial charge on any atom is 0.254 e. The highest BCUT2D eigenvalue weighted by atomic mass is 32.1. The molecule has 1 aromatic carbocycles. The first-order chi connectivity index (χ1) is 10.2. The second-order valence-corrected chi connectivity index (χ2v) is 5.52. The fourth-order valence-electron chi connectivity index (χ4n) is 1.93. The van der Waals surface area contributed by atoms with Crippen LogP contribution in [0.3, 0.4) is 0 Å². The molecule has 1 N–H and O–H groups in total. The molecule has 0 bridgehead atoms. The average molecular weight is 298 g/mol. The van der Waals surface area contributed by atoms with Crippen LogP contribution in [0.4, 0.5) is 0 Å². The minimum atomic E-state index is -0.139. The van der Waals surface area contributed by atoms with Crippen LogP contribution in [-0.4, -0.2) is 20.7 Å². The van der Waals surface area contributed by atoms with Crippen LogP contribution in [0.1, 0.15) is 15.4 Å². The zero-order chi connectivity index (χ0) is 14.7. The van der Waals surface area contributed by atoms with E-state index in [1.807, 2.05) is 35.7 Å². The maximum absolute atomic E-state index is 11.9.